The van der Waals surface area contributed by atoms with Gasteiger partial charge in [0.2, 0.25) is 0 Å². The predicted molar refractivity (Wildman–Crippen MR) is 93.0 cm³/mol. The van der Waals surface area contributed by atoms with E-state index >= 15 is 0 Å². The Bertz CT molecular complexity index is 471. The van der Waals surface area contributed by atoms with Crippen LogP contribution in [0, 0.1) is 0 Å². The van der Waals surface area contributed by atoms with E-state index in [2.05, 4.69) is 45.9 Å². The van der Waals surface area contributed by atoms with E-state index in [1.807, 2.05) is 0 Å². The molecule has 0 aromatic heterocycles. The van der Waals surface area contributed by atoms with Crippen molar-refractivity contribution >= 4 is 0 Å². The maximum absolute atomic E-state index is 5.55. The van der Waals surface area contributed by atoms with E-state index in [1.165, 1.54) is 50.5 Å². The summed E-state index contributed by atoms with van der Waals surface area (Å²) < 4.78 is 0. The molecule has 0 saturated heterocycles. The molecule has 0 fully saturated rings. The second-order valence-corrected chi connectivity index (χ2v) is 8.10. The van der Waals surface area contributed by atoms with Gasteiger partial charge in [-0.3, -0.25) is 0 Å². The largest absolute Gasteiger partial charge is 0.330 e. The first kappa shape index (κ1) is 16.5. The van der Waals surface area contributed by atoms with Gasteiger partial charge in [-0.15, -0.1) is 0 Å². The molecule has 0 spiro atoms. The lowest BCUT2D eigenvalue weighted by Crippen LogP contribution is -2.33. The van der Waals surface area contributed by atoms with Crippen LogP contribution in [0.5, 0.6) is 0 Å². The van der Waals surface area contributed by atoms with Crippen LogP contribution in [0.3, 0.4) is 0 Å². The highest BCUT2D eigenvalue weighted by molar-refractivity contribution is 5.43. The van der Waals surface area contributed by atoms with Crippen molar-refractivity contribution in [2.45, 2.75) is 83.5 Å². The van der Waals surface area contributed by atoms with Crippen LogP contribution in [0.15, 0.2) is 18.2 Å². The molecule has 2 rings (SSSR count). The molecule has 1 aliphatic rings. The number of hydrogen-bond donors (Lipinski definition) is 1. The van der Waals surface area contributed by atoms with E-state index in [4.69, 9.17) is 5.73 Å². The molecule has 0 heterocycles. The quantitative estimate of drug-likeness (QED) is 0.724. The molecule has 0 amide bonds. The zero-order chi connectivity index (χ0) is 15.5. The number of fused-ring (bicyclic) bond motifs is 1. The number of rotatable bonds is 6. The standard InChI is InChI=1S/C20H33N/c1-19(2)12-13-20(3,4)18-15-16(10-11-17(18)19)9-7-5-6-8-14-21/h10-11,15H,5-9,12-14,21H2,1-4H3. The second kappa shape index (κ2) is 6.52. The van der Waals surface area contributed by atoms with Gasteiger partial charge < -0.3 is 5.73 Å². The molecule has 1 nitrogen and oxygen atoms in total. The highest BCUT2D eigenvalue weighted by Crippen LogP contribution is 2.45. The zero-order valence-electron chi connectivity index (χ0n) is 14.5. The molecule has 1 aliphatic carbocycles. The Balaban J connectivity index is 2.10. The summed E-state index contributed by atoms with van der Waals surface area (Å²) in [5.41, 5.74) is 10.9. The van der Waals surface area contributed by atoms with E-state index in [1.54, 1.807) is 11.1 Å². The monoisotopic (exact) mass is 287 g/mol. The summed E-state index contributed by atoms with van der Waals surface area (Å²) in [5.74, 6) is 0. The van der Waals surface area contributed by atoms with Gasteiger partial charge in [0, 0.05) is 0 Å². The van der Waals surface area contributed by atoms with E-state index in [0.29, 0.717) is 10.8 Å². The van der Waals surface area contributed by atoms with Crippen LogP contribution in [-0.4, -0.2) is 6.54 Å². The number of hydrogen-bond acceptors (Lipinski definition) is 1. The SMILES string of the molecule is CC1(C)CCC(C)(C)c2cc(CCCCCCN)ccc21. The molecule has 0 radical (unpaired) electrons. The maximum atomic E-state index is 5.55. The molecule has 1 aromatic rings. The van der Waals surface area contributed by atoms with E-state index in [9.17, 15) is 0 Å². The fourth-order valence-corrected chi connectivity index (χ4v) is 3.62. The van der Waals surface area contributed by atoms with Crippen LogP contribution in [0.25, 0.3) is 0 Å². The van der Waals surface area contributed by atoms with Crippen molar-refractivity contribution in [3.8, 4) is 0 Å². The van der Waals surface area contributed by atoms with Gasteiger partial charge >= 0.3 is 0 Å². The number of benzene rings is 1. The fraction of sp³-hybridized carbons (Fsp3) is 0.700. The average Bonchev–Trinajstić information content (AvgIpc) is 2.44. The molecule has 0 bridgehead atoms. The van der Waals surface area contributed by atoms with Crippen LogP contribution in [0.4, 0.5) is 0 Å². The Hall–Kier alpha value is -0.820. The van der Waals surface area contributed by atoms with Crippen LogP contribution in [0.2, 0.25) is 0 Å². The van der Waals surface area contributed by atoms with Gasteiger partial charge in [-0.1, -0.05) is 58.7 Å². The summed E-state index contributed by atoms with van der Waals surface area (Å²) in [6, 6.07) is 7.27. The Morgan fingerprint density at radius 2 is 1.48 bits per heavy atom. The summed E-state index contributed by atoms with van der Waals surface area (Å²) >= 11 is 0. The Kier molecular flexibility index (Phi) is 5.14. The first-order valence-electron chi connectivity index (χ1n) is 8.71. The molecule has 118 valence electrons. The molecule has 0 atom stereocenters. The summed E-state index contributed by atoms with van der Waals surface area (Å²) in [5, 5.41) is 0. The van der Waals surface area contributed by atoms with E-state index in [-0.39, 0.29) is 0 Å². The molecule has 0 aliphatic heterocycles. The van der Waals surface area contributed by atoms with E-state index in [0.717, 1.165) is 6.54 Å². The highest BCUT2D eigenvalue weighted by Gasteiger charge is 2.36. The molecular weight excluding hydrogens is 254 g/mol. The van der Waals surface area contributed by atoms with Crippen LogP contribution >= 0.6 is 0 Å². The summed E-state index contributed by atoms with van der Waals surface area (Å²) in [6.07, 6.45) is 8.86. The topological polar surface area (TPSA) is 26.0 Å². The minimum absolute atomic E-state index is 0.334. The van der Waals surface area contributed by atoms with Crippen molar-refractivity contribution in [2.24, 2.45) is 5.73 Å². The Labute approximate surface area is 131 Å². The molecule has 21 heavy (non-hydrogen) atoms. The first-order chi connectivity index (χ1) is 9.87. The lowest BCUT2D eigenvalue weighted by atomic mass is 9.63. The fourth-order valence-electron chi connectivity index (χ4n) is 3.62. The first-order valence-corrected chi connectivity index (χ1v) is 8.71. The van der Waals surface area contributed by atoms with Crippen LogP contribution in [0.1, 0.15) is 82.9 Å². The lowest BCUT2D eigenvalue weighted by Gasteiger charge is -2.42. The Morgan fingerprint density at radius 3 is 2.14 bits per heavy atom. The summed E-state index contributed by atoms with van der Waals surface area (Å²) in [7, 11) is 0. The van der Waals surface area contributed by atoms with Gasteiger partial charge in [-0.25, -0.2) is 0 Å². The molecule has 1 heteroatoms. The molecule has 2 N–H and O–H groups in total. The van der Waals surface area contributed by atoms with Gasteiger partial charge in [0.25, 0.3) is 0 Å². The van der Waals surface area contributed by atoms with Gasteiger partial charge in [-0.05, 0) is 66.2 Å². The van der Waals surface area contributed by atoms with Crippen molar-refractivity contribution in [3.05, 3.63) is 34.9 Å². The molecule has 0 saturated carbocycles. The maximum Gasteiger partial charge on any atom is -0.00773 e. The zero-order valence-corrected chi connectivity index (χ0v) is 14.5. The third kappa shape index (κ3) is 3.88. The highest BCUT2D eigenvalue weighted by atomic mass is 14.5. The number of aryl methyl sites for hydroxylation is 1. The lowest BCUT2D eigenvalue weighted by molar-refractivity contribution is 0.331. The third-order valence-electron chi connectivity index (χ3n) is 5.34. The van der Waals surface area contributed by atoms with Crippen LogP contribution in [-0.2, 0) is 17.3 Å². The van der Waals surface area contributed by atoms with Gasteiger partial charge in [0.1, 0.15) is 0 Å². The summed E-state index contributed by atoms with van der Waals surface area (Å²) in [4.78, 5) is 0. The molecule has 1 aromatic carbocycles. The third-order valence-corrected chi connectivity index (χ3v) is 5.34. The van der Waals surface area contributed by atoms with Gasteiger partial charge in [0.15, 0.2) is 0 Å². The number of unbranched alkanes of at least 4 members (excludes halogenated alkanes) is 3. The number of nitrogens with two attached hydrogens (primary N) is 1. The van der Waals surface area contributed by atoms with Crippen molar-refractivity contribution in [1.82, 2.24) is 0 Å². The van der Waals surface area contributed by atoms with Crippen molar-refractivity contribution in [1.29, 1.82) is 0 Å². The Morgan fingerprint density at radius 1 is 0.857 bits per heavy atom. The minimum Gasteiger partial charge on any atom is -0.330 e. The van der Waals surface area contributed by atoms with E-state index < -0.39 is 0 Å². The van der Waals surface area contributed by atoms with Crippen molar-refractivity contribution < 1.29 is 0 Å². The predicted octanol–water partition coefficient (Wildman–Crippen LogP) is 5.10. The van der Waals surface area contributed by atoms with Crippen molar-refractivity contribution in [2.75, 3.05) is 6.54 Å². The van der Waals surface area contributed by atoms with Gasteiger partial charge in [-0.2, -0.15) is 0 Å². The second-order valence-electron chi connectivity index (χ2n) is 8.10. The van der Waals surface area contributed by atoms with Crippen molar-refractivity contribution in [3.63, 3.8) is 0 Å². The smallest absolute Gasteiger partial charge is 0.00773 e. The summed E-state index contributed by atoms with van der Waals surface area (Å²) in [6.45, 7) is 10.4. The normalized spacial score (nSPS) is 19.3. The van der Waals surface area contributed by atoms with Crippen LogP contribution < -0.4 is 5.73 Å². The minimum atomic E-state index is 0.334. The average molecular weight is 287 g/mol. The molecular formula is C20H33N. The van der Waals surface area contributed by atoms with Gasteiger partial charge in [0.05, 0.1) is 0 Å². The molecule has 0 unspecified atom stereocenters.